The monoisotopic (exact) mass is 325 g/mol. The molecule has 0 fully saturated rings. The fraction of sp³-hybridized carbons (Fsp3) is 0.278. The lowest BCUT2D eigenvalue weighted by Crippen LogP contribution is -2.36. The molecule has 2 aromatic carbocycles. The average Bonchev–Trinajstić information content (AvgIpc) is 2.56. The number of aromatic hydroxyl groups is 1. The number of benzene rings is 2. The van der Waals surface area contributed by atoms with E-state index in [2.05, 4.69) is 0 Å². The van der Waals surface area contributed by atoms with Crippen LogP contribution < -0.4 is 10.4 Å². The lowest BCUT2D eigenvalue weighted by molar-refractivity contribution is -0.120. The third-order valence-corrected chi connectivity index (χ3v) is 4.48. The van der Waals surface area contributed by atoms with Crippen molar-refractivity contribution in [2.24, 2.45) is 5.73 Å². The van der Waals surface area contributed by atoms with E-state index < -0.39 is 13.2 Å². The number of hydrogen-bond acceptors (Lipinski definition) is 5. The van der Waals surface area contributed by atoms with Gasteiger partial charge in [-0.2, -0.15) is 0 Å². The number of nitrogens with two attached hydrogens (primary N) is 1. The van der Waals surface area contributed by atoms with E-state index in [9.17, 15) is 14.9 Å². The molecule has 1 aliphatic heterocycles. The number of hydrogen-bond donors (Lipinski definition) is 3. The Balaban J connectivity index is 1.71. The fourth-order valence-electron chi connectivity index (χ4n) is 3.07. The number of ketones is 1. The summed E-state index contributed by atoms with van der Waals surface area (Å²) in [6.07, 6.45) is 0.711. The summed E-state index contributed by atoms with van der Waals surface area (Å²) in [4.78, 5) is 12.5. The van der Waals surface area contributed by atoms with Gasteiger partial charge in [0.1, 0.15) is 11.5 Å². The van der Waals surface area contributed by atoms with Crippen LogP contribution in [0.4, 0.5) is 0 Å². The summed E-state index contributed by atoms with van der Waals surface area (Å²) in [7, 11) is -1.02. The van der Waals surface area contributed by atoms with E-state index in [0.717, 1.165) is 11.1 Å². The average molecular weight is 325 g/mol. The number of carbonyl (C=O) groups excluding carboxylic acids is 1. The van der Waals surface area contributed by atoms with Crippen molar-refractivity contribution in [1.82, 2.24) is 0 Å². The highest BCUT2D eigenvalue weighted by Gasteiger charge is 2.37. The van der Waals surface area contributed by atoms with Crippen molar-refractivity contribution >= 4 is 12.9 Å². The summed E-state index contributed by atoms with van der Waals surface area (Å²) < 4.78 is 5.61. The zero-order valence-electron chi connectivity index (χ0n) is 13.5. The highest BCUT2D eigenvalue weighted by atomic mass is 16.5. The quantitative estimate of drug-likeness (QED) is 0.749. The minimum absolute atomic E-state index is 0.126. The third kappa shape index (κ3) is 3.30. The van der Waals surface area contributed by atoms with Crippen LogP contribution in [-0.2, 0) is 11.2 Å². The molecule has 0 spiro atoms. The summed E-state index contributed by atoms with van der Waals surface area (Å²) in [6.45, 7) is 1.93. The van der Waals surface area contributed by atoms with Crippen molar-refractivity contribution in [1.29, 1.82) is 0 Å². The summed E-state index contributed by atoms with van der Waals surface area (Å²) in [5, 5.41) is 19.5. The molecule has 2 atom stereocenters. The van der Waals surface area contributed by atoms with E-state index >= 15 is 0 Å². The minimum Gasteiger partial charge on any atom is -0.536 e. The molecule has 0 bridgehead atoms. The predicted octanol–water partition coefficient (Wildman–Crippen LogP) is 2.15. The van der Waals surface area contributed by atoms with Crippen molar-refractivity contribution in [3.63, 3.8) is 0 Å². The van der Waals surface area contributed by atoms with Gasteiger partial charge in [0, 0.05) is 12.2 Å². The predicted molar refractivity (Wildman–Crippen MR) is 91.9 cm³/mol. The van der Waals surface area contributed by atoms with Crippen LogP contribution in [0.3, 0.4) is 0 Å². The van der Waals surface area contributed by atoms with Crippen LogP contribution in [-0.4, -0.2) is 23.0 Å². The molecule has 24 heavy (non-hydrogen) atoms. The number of phenolic OH excluding ortho intramolecular Hbond substituents is 1. The van der Waals surface area contributed by atoms with Crippen LogP contribution in [0.5, 0.6) is 11.5 Å². The van der Waals surface area contributed by atoms with Crippen molar-refractivity contribution < 1.29 is 19.6 Å². The molecule has 3 rings (SSSR count). The molecule has 0 aliphatic carbocycles. The van der Waals surface area contributed by atoms with Gasteiger partial charge in [-0.15, -0.1) is 0 Å². The van der Waals surface area contributed by atoms with Gasteiger partial charge >= 0.3 is 7.12 Å². The highest BCUT2D eigenvalue weighted by molar-refractivity contribution is 6.46. The summed E-state index contributed by atoms with van der Waals surface area (Å²) in [5.74, 6) is 0.345. The molecule has 4 N–H and O–H groups in total. The lowest BCUT2D eigenvalue weighted by atomic mass is 9.64. The summed E-state index contributed by atoms with van der Waals surface area (Å²) >= 11 is 0. The van der Waals surface area contributed by atoms with Gasteiger partial charge in [0.25, 0.3) is 0 Å². The first-order valence-corrected chi connectivity index (χ1v) is 7.96. The molecule has 1 aliphatic rings. The number of carbonyl (C=O) groups is 1. The van der Waals surface area contributed by atoms with Crippen molar-refractivity contribution in [2.45, 2.75) is 31.6 Å². The van der Waals surface area contributed by atoms with Crippen molar-refractivity contribution in [3.8, 4) is 11.5 Å². The van der Waals surface area contributed by atoms with Crippen LogP contribution in [0, 0.1) is 6.92 Å². The molecular formula is C18H20BNO4. The molecule has 6 heteroatoms. The van der Waals surface area contributed by atoms with Gasteiger partial charge in [-0.25, -0.2) is 0 Å². The second kappa shape index (κ2) is 6.67. The summed E-state index contributed by atoms with van der Waals surface area (Å²) in [6, 6.07) is 11.3. The van der Waals surface area contributed by atoms with E-state index in [1.165, 1.54) is 12.1 Å². The standard InChI is InChI=1S/C18H20BNO4/c1-11-3-2-4-13-9-14(19(23)24-18(11)13)10-16(22)17(20)12-5-7-15(21)8-6-12/h2-8,14,17,21,23H,9-10,20H2,1H3/t14-,17+/m1/s1. The Labute approximate surface area is 141 Å². The molecule has 0 unspecified atom stereocenters. The third-order valence-electron chi connectivity index (χ3n) is 4.48. The van der Waals surface area contributed by atoms with Gasteiger partial charge in [-0.1, -0.05) is 30.3 Å². The van der Waals surface area contributed by atoms with Gasteiger partial charge in [0.15, 0.2) is 5.78 Å². The maximum Gasteiger partial charge on any atom is 0.526 e. The van der Waals surface area contributed by atoms with Crippen LogP contribution in [0.2, 0.25) is 5.82 Å². The van der Waals surface area contributed by atoms with E-state index in [1.54, 1.807) is 12.1 Å². The van der Waals surface area contributed by atoms with Gasteiger partial charge in [-0.3, -0.25) is 4.79 Å². The van der Waals surface area contributed by atoms with Gasteiger partial charge in [0.2, 0.25) is 0 Å². The molecule has 1 heterocycles. The second-order valence-corrected chi connectivity index (χ2v) is 6.28. The first-order valence-electron chi connectivity index (χ1n) is 7.96. The Morgan fingerprint density at radius 3 is 2.75 bits per heavy atom. The first-order chi connectivity index (χ1) is 11.5. The van der Waals surface area contributed by atoms with E-state index in [-0.39, 0.29) is 23.8 Å². The van der Waals surface area contributed by atoms with Crippen molar-refractivity contribution in [3.05, 3.63) is 59.2 Å². The Kier molecular flexibility index (Phi) is 4.60. The van der Waals surface area contributed by atoms with Crippen molar-refractivity contribution in [2.75, 3.05) is 0 Å². The minimum atomic E-state index is -1.02. The number of Topliss-reactive ketones (excluding diaryl/α,β-unsaturated/α-hetero) is 1. The maximum absolute atomic E-state index is 12.5. The summed E-state index contributed by atoms with van der Waals surface area (Å²) in [5.41, 5.74) is 8.62. The zero-order valence-corrected chi connectivity index (χ0v) is 13.5. The number of para-hydroxylation sites is 1. The molecular weight excluding hydrogens is 305 g/mol. The number of phenols is 1. The molecule has 2 aromatic rings. The number of fused-ring (bicyclic) bond motifs is 1. The largest absolute Gasteiger partial charge is 0.536 e. The van der Waals surface area contributed by atoms with Crippen LogP contribution >= 0.6 is 0 Å². The van der Waals surface area contributed by atoms with Gasteiger partial charge in [0.05, 0.1) is 6.04 Å². The molecule has 0 aromatic heterocycles. The van der Waals surface area contributed by atoms with E-state index in [4.69, 9.17) is 10.4 Å². The van der Waals surface area contributed by atoms with Gasteiger partial charge < -0.3 is 20.5 Å². The molecule has 0 radical (unpaired) electrons. The van der Waals surface area contributed by atoms with E-state index in [1.807, 2.05) is 25.1 Å². The molecule has 5 nitrogen and oxygen atoms in total. The van der Waals surface area contributed by atoms with Gasteiger partial charge in [-0.05, 0) is 42.2 Å². The Hall–Kier alpha value is -2.31. The zero-order chi connectivity index (χ0) is 17.3. The topological polar surface area (TPSA) is 92.8 Å². The highest BCUT2D eigenvalue weighted by Crippen LogP contribution is 2.36. The Morgan fingerprint density at radius 1 is 1.33 bits per heavy atom. The SMILES string of the molecule is Cc1cccc2c1OB(O)[C@@H](CC(=O)[C@@H](N)c1ccc(O)cc1)C2. The second-order valence-electron chi connectivity index (χ2n) is 6.28. The smallest absolute Gasteiger partial charge is 0.526 e. The normalized spacial score (nSPS) is 17.8. The van der Waals surface area contributed by atoms with Crippen LogP contribution in [0.25, 0.3) is 0 Å². The molecule has 0 saturated carbocycles. The first kappa shape index (κ1) is 16.5. The van der Waals surface area contributed by atoms with Crippen LogP contribution in [0.1, 0.15) is 29.2 Å². The molecule has 0 saturated heterocycles. The molecule has 0 amide bonds. The Morgan fingerprint density at radius 2 is 2.04 bits per heavy atom. The fourth-order valence-corrected chi connectivity index (χ4v) is 3.07. The number of aryl methyl sites for hydroxylation is 1. The number of rotatable bonds is 4. The Bertz CT molecular complexity index is 747. The van der Waals surface area contributed by atoms with Crippen LogP contribution in [0.15, 0.2) is 42.5 Å². The maximum atomic E-state index is 12.5. The lowest BCUT2D eigenvalue weighted by Gasteiger charge is -2.28. The molecule has 124 valence electrons. The van der Waals surface area contributed by atoms with E-state index in [0.29, 0.717) is 17.7 Å².